The molecule has 7 heteroatoms. The first-order valence-corrected chi connectivity index (χ1v) is 8.25. The van der Waals surface area contributed by atoms with Crippen molar-refractivity contribution < 1.29 is 4.79 Å². The molecule has 0 spiro atoms. The molecule has 0 aromatic carbocycles. The van der Waals surface area contributed by atoms with Crippen LogP contribution >= 0.6 is 23.2 Å². The molecule has 1 unspecified atom stereocenters. The third kappa shape index (κ3) is 3.83. The minimum absolute atomic E-state index is 0.0177. The lowest BCUT2D eigenvalue weighted by Crippen LogP contribution is -2.58. The molecule has 2 rings (SSSR count). The number of pyridine rings is 1. The average Bonchev–Trinajstić information content (AvgIpc) is 2.47. The van der Waals surface area contributed by atoms with Gasteiger partial charge in [-0.15, -0.1) is 0 Å². The number of amides is 1. The number of nitrogens with two attached hydrogens (primary N) is 1. The third-order valence-electron chi connectivity index (χ3n) is 3.91. The van der Waals surface area contributed by atoms with Gasteiger partial charge >= 0.3 is 0 Å². The highest BCUT2D eigenvalue weighted by molar-refractivity contribution is 6.36. The minimum Gasteiger partial charge on any atom is -0.352 e. The van der Waals surface area contributed by atoms with E-state index in [1.165, 1.54) is 0 Å². The monoisotopic (exact) mass is 344 g/mol. The number of carbonyl (C=O) groups excluding carboxylic acids is 1. The number of hydrogen-bond donors (Lipinski definition) is 1. The molecule has 2 N–H and O–H groups in total. The van der Waals surface area contributed by atoms with Crippen molar-refractivity contribution in [1.82, 2.24) is 9.88 Å². The maximum absolute atomic E-state index is 12.5. The first-order valence-electron chi connectivity index (χ1n) is 7.49. The molecule has 1 fully saturated rings. The van der Waals surface area contributed by atoms with Crippen LogP contribution in [0.1, 0.15) is 26.7 Å². The quantitative estimate of drug-likeness (QED) is 0.911. The Morgan fingerprint density at radius 1 is 1.36 bits per heavy atom. The Morgan fingerprint density at radius 2 is 2.00 bits per heavy atom. The molecule has 1 amide bonds. The summed E-state index contributed by atoms with van der Waals surface area (Å²) in [7, 11) is 0. The van der Waals surface area contributed by atoms with E-state index in [9.17, 15) is 4.79 Å². The molecule has 0 saturated carbocycles. The molecule has 1 aromatic heterocycles. The molecule has 1 saturated heterocycles. The molecule has 1 aliphatic rings. The fourth-order valence-corrected chi connectivity index (χ4v) is 3.25. The van der Waals surface area contributed by atoms with Gasteiger partial charge in [0.1, 0.15) is 5.82 Å². The number of rotatable bonds is 4. The SMILES string of the molecule is CCCC(C)(N)C(=O)N1CCN(c2ncc(Cl)cc2Cl)CC1. The molecule has 0 radical (unpaired) electrons. The topological polar surface area (TPSA) is 62.5 Å². The van der Waals surface area contributed by atoms with Crippen molar-refractivity contribution in [3.05, 3.63) is 22.3 Å². The first kappa shape index (κ1) is 17.3. The average molecular weight is 345 g/mol. The zero-order valence-corrected chi connectivity index (χ0v) is 14.5. The molecule has 2 heterocycles. The fraction of sp³-hybridized carbons (Fsp3) is 0.600. The van der Waals surface area contributed by atoms with Crippen LogP contribution in [0.2, 0.25) is 10.0 Å². The van der Waals surface area contributed by atoms with E-state index in [-0.39, 0.29) is 5.91 Å². The third-order valence-corrected chi connectivity index (χ3v) is 4.40. The molecule has 122 valence electrons. The van der Waals surface area contributed by atoms with E-state index < -0.39 is 5.54 Å². The highest BCUT2D eigenvalue weighted by Crippen LogP contribution is 2.27. The molecule has 0 aliphatic carbocycles. The lowest BCUT2D eigenvalue weighted by atomic mass is 9.95. The number of nitrogens with zero attached hydrogens (tertiary/aromatic N) is 3. The van der Waals surface area contributed by atoms with E-state index in [0.29, 0.717) is 48.5 Å². The Kier molecular flexibility index (Phi) is 5.53. The molecule has 1 atom stereocenters. The summed E-state index contributed by atoms with van der Waals surface area (Å²) < 4.78 is 0. The van der Waals surface area contributed by atoms with Gasteiger partial charge in [0.15, 0.2) is 0 Å². The fourth-order valence-electron chi connectivity index (χ4n) is 2.75. The first-order chi connectivity index (χ1) is 10.3. The number of carbonyl (C=O) groups is 1. The Balaban J connectivity index is 2.00. The van der Waals surface area contributed by atoms with Crippen LogP contribution in [0.25, 0.3) is 0 Å². The summed E-state index contributed by atoms with van der Waals surface area (Å²) in [5.74, 6) is 0.728. The zero-order valence-electron chi connectivity index (χ0n) is 13.0. The lowest BCUT2D eigenvalue weighted by Gasteiger charge is -2.39. The standard InChI is InChI=1S/C15H22Cl2N4O/c1-3-4-15(2,18)14(22)21-7-5-20(6-8-21)13-12(17)9-11(16)10-19-13/h9-10H,3-8,18H2,1-2H3. The van der Waals surface area contributed by atoms with Crippen molar-refractivity contribution in [3.63, 3.8) is 0 Å². The van der Waals surface area contributed by atoms with Crippen molar-refractivity contribution in [2.75, 3.05) is 31.1 Å². The van der Waals surface area contributed by atoms with Crippen molar-refractivity contribution in [1.29, 1.82) is 0 Å². The maximum atomic E-state index is 12.5. The predicted molar refractivity (Wildman–Crippen MR) is 90.6 cm³/mol. The second-order valence-electron chi connectivity index (χ2n) is 5.91. The number of halogens is 2. The number of aromatic nitrogens is 1. The molecule has 0 bridgehead atoms. The Hall–Kier alpha value is -1.04. The van der Waals surface area contributed by atoms with Crippen LogP contribution in [0, 0.1) is 0 Å². The van der Waals surface area contributed by atoms with Gasteiger partial charge in [-0.05, 0) is 19.4 Å². The van der Waals surface area contributed by atoms with E-state index in [0.717, 1.165) is 6.42 Å². The van der Waals surface area contributed by atoms with Crippen LogP contribution < -0.4 is 10.6 Å². The zero-order chi connectivity index (χ0) is 16.3. The summed E-state index contributed by atoms with van der Waals surface area (Å²) >= 11 is 12.1. The molecule has 5 nitrogen and oxygen atoms in total. The Bertz CT molecular complexity index is 542. The number of hydrogen-bond acceptors (Lipinski definition) is 4. The Labute approximate surface area is 141 Å². The molecule has 1 aliphatic heterocycles. The second kappa shape index (κ2) is 7.02. The van der Waals surface area contributed by atoms with Crippen molar-refractivity contribution in [3.8, 4) is 0 Å². The van der Waals surface area contributed by atoms with Crippen LogP contribution in [0.15, 0.2) is 12.3 Å². The van der Waals surface area contributed by atoms with Gasteiger partial charge in [0, 0.05) is 32.4 Å². The van der Waals surface area contributed by atoms with Gasteiger partial charge in [-0.3, -0.25) is 4.79 Å². The van der Waals surface area contributed by atoms with Crippen molar-refractivity contribution in [2.45, 2.75) is 32.2 Å². The summed E-state index contributed by atoms with van der Waals surface area (Å²) in [4.78, 5) is 20.7. The summed E-state index contributed by atoms with van der Waals surface area (Å²) in [6, 6.07) is 1.68. The predicted octanol–water partition coefficient (Wildman–Crippen LogP) is 2.55. The van der Waals surface area contributed by atoms with Gasteiger partial charge in [-0.1, -0.05) is 36.5 Å². The van der Waals surface area contributed by atoms with Gasteiger partial charge in [-0.2, -0.15) is 0 Å². The Morgan fingerprint density at radius 3 is 2.55 bits per heavy atom. The van der Waals surface area contributed by atoms with Gasteiger partial charge in [0.05, 0.1) is 15.6 Å². The van der Waals surface area contributed by atoms with Crippen molar-refractivity contribution >= 4 is 34.9 Å². The van der Waals surface area contributed by atoms with Crippen LogP contribution in [-0.4, -0.2) is 47.5 Å². The van der Waals surface area contributed by atoms with E-state index in [4.69, 9.17) is 28.9 Å². The van der Waals surface area contributed by atoms with Crippen LogP contribution in [-0.2, 0) is 4.79 Å². The number of anilines is 1. The van der Waals surface area contributed by atoms with Gasteiger partial charge < -0.3 is 15.5 Å². The van der Waals surface area contributed by atoms with Crippen LogP contribution in [0.5, 0.6) is 0 Å². The van der Waals surface area contributed by atoms with E-state index in [1.807, 2.05) is 18.7 Å². The second-order valence-corrected chi connectivity index (χ2v) is 6.75. The normalized spacial score (nSPS) is 18.2. The van der Waals surface area contributed by atoms with Gasteiger partial charge in [0.2, 0.25) is 5.91 Å². The highest BCUT2D eigenvalue weighted by Gasteiger charge is 2.33. The lowest BCUT2D eigenvalue weighted by molar-refractivity contribution is -0.137. The molecular formula is C15H22Cl2N4O. The molecule has 22 heavy (non-hydrogen) atoms. The largest absolute Gasteiger partial charge is 0.352 e. The van der Waals surface area contributed by atoms with Gasteiger partial charge in [-0.25, -0.2) is 4.98 Å². The summed E-state index contributed by atoms with van der Waals surface area (Å²) in [6.45, 7) is 6.45. The summed E-state index contributed by atoms with van der Waals surface area (Å²) in [5, 5.41) is 1.04. The molecule has 1 aromatic rings. The highest BCUT2D eigenvalue weighted by atomic mass is 35.5. The molecular weight excluding hydrogens is 323 g/mol. The van der Waals surface area contributed by atoms with Crippen LogP contribution in [0.4, 0.5) is 5.82 Å². The summed E-state index contributed by atoms with van der Waals surface area (Å²) in [6.07, 6.45) is 3.16. The van der Waals surface area contributed by atoms with E-state index in [2.05, 4.69) is 9.88 Å². The van der Waals surface area contributed by atoms with E-state index in [1.54, 1.807) is 12.3 Å². The smallest absolute Gasteiger partial charge is 0.242 e. The van der Waals surface area contributed by atoms with E-state index >= 15 is 0 Å². The van der Waals surface area contributed by atoms with Crippen LogP contribution in [0.3, 0.4) is 0 Å². The maximum Gasteiger partial charge on any atom is 0.242 e. The number of piperazine rings is 1. The summed E-state index contributed by atoms with van der Waals surface area (Å²) in [5.41, 5.74) is 5.35. The van der Waals surface area contributed by atoms with Gasteiger partial charge in [0.25, 0.3) is 0 Å². The minimum atomic E-state index is -0.785. The van der Waals surface area contributed by atoms with Crippen molar-refractivity contribution in [2.24, 2.45) is 5.73 Å².